The second-order valence-corrected chi connectivity index (χ2v) is 6.98. The Kier molecular flexibility index (Phi) is 10.7. The summed E-state index contributed by atoms with van der Waals surface area (Å²) in [4.78, 5) is 19.9. The summed E-state index contributed by atoms with van der Waals surface area (Å²) >= 11 is 0. The molecule has 0 spiro atoms. The zero-order chi connectivity index (χ0) is 17.4. The van der Waals surface area contributed by atoms with Crippen molar-refractivity contribution in [2.24, 2.45) is 16.8 Å². The Balaban J connectivity index is 0.00000312. The minimum Gasteiger partial charge on any atom is -0.381 e. The van der Waals surface area contributed by atoms with E-state index in [1.54, 1.807) is 19.0 Å². The van der Waals surface area contributed by atoms with Gasteiger partial charge < -0.3 is 24.6 Å². The van der Waals surface area contributed by atoms with Gasteiger partial charge >= 0.3 is 0 Å². The van der Waals surface area contributed by atoms with Gasteiger partial charge in [0, 0.05) is 53.4 Å². The lowest BCUT2D eigenvalue weighted by atomic mass is 10.1. The van der Waals surface area contributed by atoms with Gasteiger partial charge in [-0.15, -0.1) is 24.0 Å². The van der Waals surface area contributed by atoms with Crippen molar-refractivity contribution in [3.63, 3.8) is 0 Å². The first-order valence-corrected chi connectivity index (χ1v) is 8.91. The summed E-state index contributed by atoms with van der Waals surface area (Å²) in [5.41, 5.74) is 0. The van der Waals surface area contributed by atoms with Gasteiger partial charge in [-0.25, -0.2) is 4.99 Å². The highest BCUT2D eigenvalue weighted by molar-refractivity contribution is 14.0. The van der Waals surface area contributed by atoms with Crippen LogP contribution in [0.25, 0.3) is 0 Å². The molecule has 2 fully saturated rings. The molecule has 1 aliphatic heterocycles. The van der Waals surface area contributed by atoms with Crippen LogP contribution in [0.4, 0.5) is 0 Å². The Morgan fingerprint density at radius 2 is 2.00 bits per heavy atom. The Morgan fingerprint density at radius 3 is 2.60 bits per heavy atom. The molecule has 0 radical (unpaired) electrons. The van der Waals surface area contributed by atoms with Gasteiger partial charge in [-0.05, 0) is 25.2 Å². The van der Waals surface area contributed by atoms with Crippen molar-refractivity contribution in [1.29, 1.82) is 0 Å². The van der Waals surface area contributed by atoms with Crippen LogP contribution in [0.1, 0.15) is 19.3 Å². The lowest BCUT2D eigenvalue weighted by molar-refractivity contribution is -0.127. The molecule has 0 aromatic rings. The van der Waals surface area contributed by atoms with Gasteiger partial charge in [-0.2, -0.15) is 0 Å². The standard InChI is InChI=1S/C17H32N4O3.HI/c1-20(2)16(22)11-19-17(18-10-15-6-8-23-13-15)21(3)7-9-24-12-14-4-5-14;/h14-15H,4-13H2,1-3H3,(H,18,19);1H. The van der Waals surface area contributed by atoms with Crippen molar-refractivity contribution < 1.29 is 14.3 Å². The van der Waals surface area contributed by atoms with Gasteiger partial charge in [-0.1, -0.05) is 0 Å². The number of hydrogen-bond acceptors (Lipinski definition) is 4. The molecule has 1 saturated carbocycles. The van der Waals surface area contributed by atoms with Gasteiger partial charge in [-0.3, -0.25) is 4.79 Å². The average Bonchev–Trinajstić information content (AvgIpc) is 3.24. The van der Waals surface area contributed by atoms with Crippen molar-refractivity contribution in [3.8, 4) is 0 Å². The van der Waals surface area contributed by atoms with Crippen LogP contribution in [0, 0.1) is 11.8 Å². The number of nitrogens with one attached hydrogen (secondary N) is 1. The third-order valence-corrected chi connectivity index (χ3v) is 4.42. The molecule has 1 atom stereocenters. The molecule has 1 unspecified atom stereocenters. The highest BCUT2D eigenvalue weighted by Crippen LogP contribution is 2.28. The van der Waals surface area contributed by atoms with Crippen LogP contribution in [0.15, 0.2) is 4.99 Å². The summed E-state index contributed by atoms with van der Waals surface area (Å²) in [5.74, 6) is 2.05. The van der Waals surface area contributed by atoms with E-state index in [0.717, 1.165) is 51.2 Å². The van der Waals surface area contributed by atoms with E-state index in [0.29, 0.717) is 12.5 Å². The number of carbonyl (C=O) groups is 1. The summed E-state index contributed by atoms with van der Waals surface area (Å²) in [6.07, 6.45) is 3.69. The predicted octanol–water partition coefficient (Wildman–Crippen LogP) is 1.03. The van der Waals surface area contributed by atoms with Crippen molar-refractivity contribution in [2.75, 3.05) is 67.2 Å². The zero-order valence-corrected chi connectivity index (χ0v) is 18.0. The molecule has 1 N–H and O–H groups in total. The topological polar surface area (TPSA) is 66.4 Å². The Hall–Kier alpha value is -0.610. The number of ether oxygens (including phenoxy) is 2. The number of amides is 1. The predicted molar refractivity (Wildman–Crippen MR) is 110 cm³/mol. The lowest BCUT2D eigenvalue weighted by Gasteiger charge is -2.23. The molecule has 1 aliphatic carbocycles. The highest BCUT2D eigenvalue weighted by Gasteiger charge is 2.21. The molecule has 1 amide bonds. The monoisotopic (exact) mass is 468 g/mol. The van der Waals surface area contributed by atoms with E-state index < -0.39 is 0 Å². The number of halogens is 1. The number of rotatable bonds is 9. The number of hydrogen-bond donors (Lipinski definition) is 1. The molecule has 7 nitrogen and oxygen atoms in total. The molecular formula is C17H33IN4O3. The largest absolute Gasteiger partial charge is 0.381 e. The zero-order valence-electron chi connectivity index (χ0n) is 15.7. The fourth-order valence-corrected chi connectivity index (χ4v) is 2.42. The maximum Gasteiger partial charge on any atom is 0.243 e. The van der Waals surface area contributed by atoms with Crippen molar-refractivity contribution in [1.82, 2.24) is 15.1 Å². The summed E-state index contributed by atoms with van der Waals surface area (Å²) in [7, 11) is 5.48. The first-order chi connectivity index (χ1) is 11.6. The maximum absolute atomic E-state index is 11.8. The van der Waals surface area contributed by atoms with E-state index in [2.05, 4.69) is 10.3 Å². The smallest absolute Gasteiger partial charge is 0.243 e. The second-order valence-electron chi connectivity index (χ2n) is 6.98. The minimum atomic E-state index is -0.00289. The van der Waals surface area contributed by atoms with E-state index >= 15 is 0 Å². The SMILES string of the molecule is CN(C)C(=O)CN=C(NCC1CCOC1)N(C)CCOCC1CC1.I. The molecular weight excluding hydrogens is 435 g/mol. The third-order valence-electron chi connectivity index (χ3n) is 4.42. The van der Waals surface area contributed by atoms with E-state index in [4.69, 9.17) is 9.47 Å². The molecule has 146 valence electrons. The second kappa shape index (κ2) is 11.9. The Morgan fingerprint density at radius 1 is 1.24 bits per heavy atom. The van der Waals surface area contributed by atoms with Gasteiger partial charge in [0.1, 0.15) is 6.54 Å². The number of guanidine groups is 1. The van der Waals surface area contributed by atoms with Crippen molar-refractivity contribution in [2.45, 2.75) is 19.3 Å². The summed E-state index contributed by atoms with van der Waals surface area (Å²) in [6, 6.07) is 0. The van der Waals surface area contributed by atoms with E-state index in [-0.39, 0.29) is 36.4 Å². The molecule has 8 heteroatoms. The first-order valence-electron chi connectivity index (χ1n) is 8.91. The van der Waals surface area contributed by atoms with Crippen LogP contribution in [0.3, 0.4) is 0 Å². The Bertz CT molecular complexity index is 424. The van der Waals surface area contributed by atoms with Gasteiger partial charge in [0.2, 0.25) is 5.91 Å². The molecule has 1 saturated heterocycles. The molecule has 0 aromatic heterocycles. The molecule has 2 aliphatic rings. The van der Waals surface area contributed by atoms with E-state index in [1.165, 1.54) is 12.8 Å². The third kappa shape index (κ3) is 9.05. The number of nitrogens with zero attached hydrogens (tertiary/aromatic N) is 3. The van der Waals surface area contributed by atoms with Gasteiger partial charge in [0.15, 0.2) is 5.96 Å². The van der Waals surface area contributed by atoms with E-state index in [1.807, 2.05) is 11.9 Å². The number of carbonyl (C=O) groups excluding carboxylic acids is 1. The summed E-state index contributed by atoms with van der Waals surface area (Å²) in [6.45, 7) is 4.92. The molecule has 2 rings (SSSR count). The first kappa shape index (κ1) is 22.4. The maximum atomic E-state index is 11.8. The van der Waals surface area contributed by atoms with Crippen LogP contribution in [0.5, 0.6) is 0 Å². The molecule has 25 heavy (non-hydrogen) atoms. The molecule has 0 aromatic carbocycles. The van der Waals surface area contributed by atoms with Crippen LogP contribution in [0.2, 0.25) is 0 Å². The number of aliphatic imine (C=N–C) groups is 1. The lowest BCUT2D eigenvalue weighted by Crippen LogP contribution is -2.43. The van der Waals surface area contributed by atoms with Crippen molar-refractivity contribution >= 4 is 35.8 Å². The molecule has 1 heterocycles. The molecule has 0 bridgehead atoms. The van der Waals surface area contributed by atoms with Gasteiger partial charge in [0.05, 0.1) is 13.2 Å². The van der Waals surface area contributed by atoms with E-state index in [9.17, 15) is 4.79 Å². The normalized spacial score (nSPS) is 20.1. The van der Waals surface area contributed by atoms with Crippen LogP contribution in [-0.2, 0) is 14.3 Å². The highest BCUT2D eigenvalue weighted by atomic mass is 127. The summed E-state index contributed by atoms with van der Waals surface area (Å²) in [5, 5.41) is 3.39. The van der Waals surface area contributed by atoms with Gasteiger partial charge in [0.25, 0.3) is 0 Å². The quantitative estimate of drug-likeness (QED) is 0.237. The van der Waals surface area contributed by atoms with Crippen LogP contribution < -0.4 is 5.32 Å². The fraction of sp³-hybridized carbons (Fsp3) is 0.882. The fourth-order valence-electron chi connectivity index (χ4n) is 2.42. The van der Waals surface area contributed by atoms with Crippen molar-refractivity contribution in [3.05, 3.63) is 0 Å². The minimum absolute atomic E-state index is 0. The van der Waals surface area contributed by atoms with Crippen LogP contribution in [-0.4, -0.2) is 88.9 Å². The Labute approximate surface area is 168 Å². The van der Waals surface area contributed by atoms with Crippen LogP contribution >= 0.6 is 24.0 Å². The number of likely N-dealkylation sites (N-methyl/N-ethyl adjacent to an activating group) is 2. The summed E-state index contributed by atoms with van der Waals surface area (Å²) < 4.78 is 11.1. The average molecular weight is 468 g/mol.